The molecule has 1 aliphatic rings. The Balaban J connectivity index is 1.81. The second kappa shape index (κ2) is 10.2. The molecule has 2 aromatic rings. The normalized spacial score (nSPS) is 17.4. The predicted octanol–water partition coefficient (Wildman–Crippen LogP) is 6.86. The van der Waals surface area contributed by atoms with E-state index in [4.69, 9.17) is 0 Å². The molecule has 0 spiro atoms. The van der Waals surface area contributed by atoms with Crippen molar-refractivity contribution in [3.63, 3.8) is 0 Å². The Morgan fingerprint density at radius 3 is 2.27 bits per heavy atom. The lowest BCUT2D eigenvalue weighted by Gasteiger charge is -2.43. The lowest BCUT2D eigenvalue weighted by molar-refractivity contribution is 0.114. The van der Waals surface area contributed by atoms with Gasteiger partial charge in [0.1, 0.15) is 5.82 Å². The van der Waals surface area contributed by atoms with Crippen molar-refractivity contribution in [2.75, 3.05) is 0 Å². The summed E-state index contributed by atoms with van der Waals surface area (Å²) in [5, 5.41) is 10.3. The second-order valence-electron chi connectivity index (χ2n) is 9.07. The molecule has 2 nitrogen and oxygen atoms in total. The minimum Gasteiger partial charge on any atom is -0.294 e. The van der Waals surface area contributed by atoms with Crippen molar-refractivity contribution in [3.05, 3.63) is 71.5 Å². The van der Waals surface area contributed by atoms with Crippen LogP contribution in [0.3, 0.4) is 0 Å². The van der Waals surface area contributed by atoms with E-state index in [0.717, 1.165) is 44.2 Å². The van der Waals surface area contributed by atoms with Gasteiger partial charge < -0.3 is 0 Å². The van der Waals surface area contributed by atoms with Crippen molar-refractivity contribution >= 4 is 0 Å². The third-order valence-electron chi connectivity index (χ3n) is 7.04. The zero-order valence-electron chi connectivity index (χ0n) is 18.7. The van der Waals surface area contributed by atoms with Crippen molar-refractivity contribution in [1.29, 1.82) is 5.26 Å². The van der Waals surface area contributed by atoms with Crippen LogP contribution >= 0.6 is 0 Å². The van der Waals surface area contributed by atoms with Crippen LogP contribution in [0.15, 0.2) is 54.6 Å². The van der Waals surface area contributed by atoms with Gasteiger partial charge >= 0.3 is 0 Å². The highest BCUT2D eigenvalue weighted by atomic mass is 19.1. The van der Waals surface area contributed by atoms with E-state index >= 15 is 0 Å². The molecule has 0 heterocycles. The average molecular weight is 407 g/mol. The third-order valence-corrected chi connectivity index (χ3v) is 7.04. The minimum atomic E-state index is -0.505. The standard InChI is InChI=1S/C27H35FN2/c1-4-26(30(21(2)3)19-22-9-6-5-7-10-22)17-18-27(20-29,23-11-8-12-23)24-13-15-25(28)16-14-24/h5-7,9-10,13-16,21,23,26H,4,8,11-12,17-19H2,1-3H3. The fourth-order valence-electron chi connectivity index (χ4n) is 4.97. The first-order chi connectivity index (χ1) is 14.5. The summed E-state index contributed by atoms with van der Waals surface area (Å²) in [6.07, 6.45) is 6.25. The van der Waals surface area contributed by atoms with Gasteiger partial charge in [-0.1, -0.05) is 55.8 Å². The molecule has 0 saturated heterocycles. The van der Waals surface area contributed by atoms with Crippen LogP contribution in [0, 0.1) is 23.1 Å². The summed E-state index contributed by atoms with van der Waals surface area (Å²) in [6, 6.07) is 20.9. The monoisotopic (exact) mass is 406 g/mol. The van der Waals surface area contributed by atoms with Gasteiger partial charge in [0, 0.05) is 18.6 Å². The van der Waals surface area contributed by atoms with E-state index in [1.165, 1.54) is 24.1 Å². The summed E-state index contributed by atoms with van der Waals surface area (Å²) in [5.74, 6) is 0.145. The summed E-state index contributed by atoms with van der Waals surface area (Å²) in [4.78, 5) is 2.57. The number of hydrogen-bond acceptors (Lipinski definition) is 2. The van der Waals surface area contributed by atoms with Crippen LogP contribution in [-0.4, -0.2) is 17.0 Å². The average Bonchev–Trinajstić information content (AvgIpc) is 2.72. The van der Waals surface area contributed by atoms with E-state index in [1.807, 2.05) is 12.1 Å². The maximum absolute atomic E-state index is 13.6. The van der Waals surface area contributed by atoms with E-state index in [9.17, 15) is 9.65 Å². The number of rotatable bonds is 10. The van der Waals surface area contributed by atoms with Crippen molar-refractivity contribution in [2.24, 2.45) is 5.92 Å². The van der Waals surface area contributed by atoms with E-state index in [0.29, 0.717) is 18.0 Å². The number of halogens is 1. The molecule has 2 aromatic carbocycles. The van der Waals surface area contributed by atoms with Crippen molar-refractivity contribution in [3.8, 4) is 6.07 Å². The number of nitriles is 1. The Hall–Kier alpha value is -2.18. The zero-order valence-corrected chi connectivity index (χ0v) is 18.7. The Morgan fingerprint density at radius 2 is 1.77 bits per heavy atom. The van der Waals surface area contributed by atoms with Crippen LogP contribution in [0.1, 0.15) is 70.4 Å². The van der Waals surface area contributed by atoms with Crippen LogP contribution in [0.2, 0.25) is 0 Å². The van der Waals surface area contributed by atoms with Gasteiger partial charge in [-0.3, -0.25) is 4.90 Å². The molecule has 0 aromatic heterocycles. The van der Waals surface area contributed by atoms with E-state index in [-0.39, 0.29) is 5.82 Å². The summed E-state index contributed by atoms with van der Waals surface area (Å²) in [7, 11) is 0. The Bertz CT molecular complexity index is 820. The van der Waals surface area contributed by atoms with Crippen LogP contribution in [0.5, 0.6) is 0 Å². The fourth-order valence-corrected chi connectivity index (χ4v) is 4.97. The van der Waals surface area contributed by atoms with Crippen LogP contribution in [0.25, 0.3) is 0 Å². The fraction of sp³-hybridized carbons (Fsp3) is 0.519. The molecule has 160 valence electrons. The van der Waals surface area contributed by atoms with Crippen LogP contribution in [-0.2, 0) is 12.0 Å². The predicted molar refractivity (Wildman–Crippen MR) is 121 cm³/mol. The molecule has 1 saturated carbocycles. The third kappa shape index (κ3) is 4.93. The van der Waals surface area contributed by atoms with E-state index in [2.05, 4.69) is 62.1 Å². The highest BCUT2D eigenvalue weighted by Crippen LogP contribution is 2.47. The first-order valence-corrected chi connectivity index (χ1v) is 11.5. The summed E-state index contributed by atoms with van der Waals surface area (Å²) in [5.41, 5.74) is 1.81. The maximum Gasteiger partial charge on any atom is 0.123 e. The highest BCUT2D eigenvalue weighted by molar-refractivity contribution is 5.35. The zero-order chi connectivity index (χ0) is 21.6. The SMILES string of the molecule is CCC(CCC(C#N)(c1ccc(F)cc1)C1CCC1)N(Cc1ccccc1)C(C)C. The van der Waals surface area contributed by atoms with Crippen molar-refractivity contribution in [1.82, 2.24) is 4.90 Å². The molecular formula is C27H35FN2. The Kier molecular flexibility index (Phi) is 7.67. The van der Waals surface area contributed by atoms with Gasteiger partial charge in [-0.2, -0.15) is 5.26 Å². The first kappa shape index (κ1) is 22.5. The minimum absolute atomic E-state index is 0.237. The number of nitrogens with zero attached hydrogens (tertiary/aromatic N) is 2. The number of hydrogen-bond donors (Lipinski definition) is 0. The molecular weight excluding hydrogens is 371 g/mol. The van der Waals surface area contributed by atoms with Gasteiger partial charge in [0.05, 0.1) is 11.5 Å². The first-order valence-electron chi connectivity index (χ1n) is 11.5. The number of benzene rings is 2. The van der Waals surface area contributed by atoms with E-state index in [1.54, 1.807) is 0 Å². The molecule has 0 bridgehead atoms. The lowest BCUT2D eigenvalue weighted by Crippen LogP contribution is -2.43. The van der Waals surface area contributed by atoms with Gasteiger partial charge in [0.2, 0.25) is 0 Å². The molecule has 0 amide bonds. The maximum atomic E-state index is 13.6. The molecule has 3 heteroatoms. The molecule has 3 rings (SSSR count). The molecule has 0 N–H and O–H groups in total. The summed E-state index contributed by atoms with van der Waals surface area (Å²) in [6.45, 7) is 7.70. The Morgan fingerprint density at radius 1 is 1.10 bits per heavy atom. The molecule has 1 aliphatic carbocycles. The Labute approximate surface area is 181 Å². The second-order valence-corrected chi connectivity index (χ2v) is 9.07. The van der Waals surface area contributed by atoms with Crippen LogP contribution < -0.4 is 0 Å². The van der Waals surface area contributed by atoms with E-state index < -0.39 is 5.41 Å². The molecule has 2 atom stereocenters. The largest absolute Gasteiger partial charge is 0.294 e. The molecule has 0 aliphatic heterocycles. The summed E-state index contributed by atoms with van der Waals surface area (Å²) < 4.78 is 13.6. The van der Waals surface area contributed by atoms with Gasteiger partial charge in [0.15, 0.2) is 0 Å². The quantitative estimate of drug-likeness (QED) is 0.431. The highest BCUT2D eigenvalue weighted by Gasteiger charge is 2.44. The van der Waals surface area contributed by atoms with Gasteiger partial charge in [-0.25, -0.2) is 4.39 Å². The van der Waals surface area contributed by atoms with Gasteiger partial charge in [0.25, 0.3) is 0 Å². The molecule has 0 radical (unpaired) electrons. The molecule has 30 heavy (non-hydrogen) atoms. The lowest BCUT2D eigenvalue weighted by atomic mass is 9.60. The molecule has 1 fully saturated rings. The van der Waals surface area contributed by atoms with Gasteiger partial charge in [-0.15, -0.1) is 0 Å². The topological polar surface area (TPSA) is 27.0 Å². The van der Waals surface area contributed by atoms with Crippen molar-refractivity contribution in [2.45, 2.75) is 83.3 Å². The molecule has 2 unspecified atom stereocenters. The van der Waals surface area contributed by atoms with Crippen LogP contribution in [0.4, 0.5) is 4.39 Å². The smallest absolute Gasteiger partial charge is 0.123 e. The van der Waals surface area contributed by atoms with Crippen molar-refractivity contribution < 1.29 is 4.39 Å². The summed E-state index contributed by atoms with van der Waals surface area (Å²) >= 11 is 0. The van der Waals surface area contributed by atoms with Gasteiger partial charge in [-0.05, 0) is 75.1 Å².